The summed E-state index contributed by atoms with van der Waals surface area (Å²) in [6.45, 7) is 1.76. The Morgan fingerprint density at radius 2 is 2.30 bits per heavy atom. The van der Waals surface area contributed by atoms with Crippen molar-refractivity contribution < 1.29 is 4.79 Å². The number of amides is 1. The molecule has 20 heavy (non-hydrogen) atoms. The molecular formula is C15H20BrClN2O. The molecule has 1 atom stereocenters. The van der Waals surface area contributed by atoms with Gasteiger partial charge >= 0.3 is 0 Å². The molecule has 1 aliphatic rings. The van der Waals surface area contributed by atoms with Crippen molar-refractivity contribution in [3.05, 3.63) is 33.3 Å². The van der Waals surface area contributed by atoms with Crippen LogP contribution in [-0.2, 0) is 0 Å². The maximum absolute atomic E-state index is 12.7. The van der Waals surface area contributed by atoms with Gasteiger partial charge in [-0.2, -0.15) is 0 Å². The number of nitrogens with one attached hydrogen (secondary N) is 1. The van der Waals surface area contributed by atoms with E-state index in [-0.39, 0.29) is 5.91 Å². The van der Waals surface area contributed by atoms with Crippen molar-refractivity contribution in [1.29, 1.82) is 0 Å². The van der Waals surface area contributed by atoms with E-state index in [0.29, 0.717) is 16.6 Å². The Morgan fingerprint density at radius 3 is 3.05 bits per heavy atom. The number of hydrogen-bond donors (Lipinski definition) is 1. The molecule has 1 aromatic rings. The van der Waals surface area contributed by atoms with Crippen molar-refractivity contribution in [2.75, 3.05) is 20.1 Å². The number of carbonyl (C=O) groups excluding carboxylic acids is 1. The van der Waals surface area contributed by atoms with E-state index >= 15 is 0 Å². The van der Waals surface area contributed by atoms with Gasteiger partial charge in [0.2, 0.25) is 0 Å². The van der Waals surface area contributed by atoms with Crippen LogP contribution in [0.3, 0.4) is 0 Å². The quantitative estimate of drug-likeness (QED) is 0.889. The van der Waals surface area contributed by atoms with E-state index in [1.807, 2.05) is 24.1 Å². The second kappa shape index (κ2) is 7.43. The highest BCUT2D eigenvalue weighted by Crippen LogP contribution is 2.29. The summed E-state index contributed by atoms with van der Waals surface area (Å²) in [5, 5.41) is 3.67. The summed E-state index contributed by atoms with van der Waals surface area (Å²) in [4.78, 5) is 14.7. The molecular weight excluding hydrogens is 340 g/mol. The molecule has 1 heterocycles. The third-order valence-corrected chi connectivity index (χ3v) is 5.09. The van der Waals surface area contributed by atoms with Gasteiger partial charge in [-0.1, -0.05) is 17.7 Å². The van der Waals surface area contributed by atoms with Gasteiger partial charge in [-0.3, -0.25) is 4.79 Å². The summed E-state index contributed by atoms with van der Waals surface area (Å²) in [7, 11) is 1.94. The smallest absolute Gasteiger partial charge is 0.255 e. The van der Waals surface area contributed by atoms with Crippen LogP contribution in [-0.4, -0.2) is 37.0 Å². The first-order valence-electron chi connectivity index (χ1n) is 7.04. The lowest BCUT2D eigenvalue weighted by Crippen LogP contribution is -2.44. The van der Waals surface area contributed by atoms with Gasteiger partial charge in [0.05, 0.1) is 10.6 Å². The van der Waals surface area contributed by atoms with Crippen LogP contribution in [0.4, 0.5) is 0 Å². The molecule has 0 radical (unpaired) electrons. The first-order chi connectivity index (χ1) is 9.65. The van der Waals surface area contributed by atoms with Crippen LogP contribution in [0, 0.1) is 0 Å². The Morgan fingerprint density at radius 1 is 1.50 bits per heavy atom. The van der Waals surface area contributed by atoms with Gasteiger partial charge in [0.25, 0.3) is 5.91 Å². The normalized spacial score (nSPS) is 19.1. The molecule has 1 amide bonds. The van der Waals surface area contributed by atoms with Crippen LogP contribution in [0.15, 0.2) is 22.7 Å². The van der Waals surface area contributed by atoms with Crippen molar-refractivity contribution in [3.63, 3.8) is 0 Å². The monoisotopic (exact) mass is 358 g/mol. The zero-order chi connectivity index (χ0) is 14.5. The average molecular weight is 360 g/mol. The second-order valence-electron chi connectivity index (χ2n) is 5.14. The molecule has 0 aliphatic carbocycles. The van der Waals surface area contributed by atoms with Gasteiger partial charge in [-0.15, -0.1) is 0 Å². The molecule has 5 heteroatoms. The minimum absolute atomic E-state index is 0.0529. The number of benzene rings is 1. The van der Waals surface area contributed by atoms with Gasteiger partial charge < -0.3 is 10.2 Å². The first kappa shape index (κ1) is 15.8. The largest absolute Gasteiger partial charge is 0.336 e. The van der Waals surface area contributed by atoms with Crippen LogP contribution >= 0.6 is 27.5 Å². The van der Waals surface area contributed by atoms with Gasteiger partial charge in [0.1, 0.15) is 0 Å². The van der Waals surface area contributed by atoms with Gasteiger partial charge in [-0.25, -0.2) is 0 Å². The van der Waals surface area contributed by atoms with Crippen LogP contribution in [0.2, 0.25) is 5.02 Å². The summed E-state index contributed by atoms with van der Waals surface area (Å²) in [6, 6.07) is 5.83. The summed E-state index contributed by atoms with van der Waals surface area (Å²) in [5.41, 5.74) is 0.595. The number of halogens is 2. The van der Waals surface area contributed by atoms with E-state index < -0.39 is 0 Å². The molecule has 0 aromatic heterocycles. The van der Waals surface area contributed by atoms with E-state index in [1.165, 1.54) is 6.42 Å². The summed E-state index contributed by atoms with van der Waals surface area (Å²) >= 11 is 9.64. The third-order valence-electron chi connectivity index (χ3n) is 3.80. The fourth-order valence-corrected chi connectivity index (χ4v) is 3.28. The molecule has 0 saturated carbocycles. The fourth-order valence-electron chi connectivity index (χ4n) is 2.70. The second-order valence-corrected chi connectivity index (χ2v) is 6.37. The van der Waals surface area contributed by atoms with E-state index in [4.69, 9.17) is 11.6 Å². The number of likely N-dealkylation sites (tertiary alicyclic amines) is 1. The first-order valence-corrected chi connectivity index (χ1v) is 8.22. The molecule has 1 aromatic carbocycles. The molecule has 1 N–H and O–H groups in total. The summed E-state index contributed by atoms with van der Waals surface area (Å²) in [5.74, 6) is 0.0529. The maximum Gasteiger partial charge on any atom is 0.255 e. The van der Waals surface area contributed by atoms with E-state index in [1.54, 1.807) is 6.07 Å². The Kier molecular flexibility index (Phi) is 5.87. The molecule has 2 rings (SSSR count). The Bertz CT molecular complexity index is 481. The van der Waals surface area contributed by atoms with Crippen LogP contribution < -0.4 is 5.32 Å². The van der Waals surface area contributed by atoms with Crippen molar-refractivity contribution in [1.82, 2.24) is 10.2 Å². The summed E-state index contributed by atoms with van der Waals surface area (Å²) in [6.07, 6.45) is 4.35. The number of rotatable bonds is 4. The minimum Gasteiger partial charge on any atom is -0.336 e. The van der Waals surface area contributed by atoms with Gasteiger partial charge in [0, 0.05) is 17.1 Å². The summed E-state index contributed by atoms with van der Waals surface area (Å²) < 4.78 is 0.772. The van der Waals surface area contributed by atoms with Crippen molar-refractivity contribution in [3.8, 4) is 0 Å². The highest BCUT2D eigenvalue weighted by Gasteiger charge is 2.28. The zero-order valence-electron chi connectivity index (χ0n) is 11.7. The lowest BCUT2D eigenvalue weighted by atomic mass is 9.98. The average Bonchev–Trinajstić information content (AvgIpc) is 2.47. The Labute approximate surface area is 133 Å². The highest BCUT2D eigenvalue weighted by molar-refractivity contribution is 9.10. The van der Waals surface area contributed by atoms with Crippen molar-refractivity contribution in [2.24, 2.45) is 0 Å². The topological polar surface area (TPSA) is 32.3 Å². The Balaban J connectivity index is 2.18. The predicted molar refractivity (Wildman–Crippen MR) is 86.4 cm³/mol. The minimum atomic E-state index is 0.0529. The number of nitrogens with zero attached hydrogens (tertiary/aromatic N) is 1. The number of piperidine rings is 1. The lowest BCUT2D eigenvalue weighted by Gasteiger charge is -2.36. The number of carbonyl (C=O) groups is 1. The van der Waals surface area contributed by atoms with Crippen LogP contribution in [0.25, 0.3) is 0 Å². The molecule has 0 spiro atoms. The van der Waals surface area contributed by atoms with Crippen molar-refractivity contribution in [2.45, 2.75) is 31.7 Å². The van der Waals surface area contributed by atoms with Gasteiger partial charge in [-0.05, 0) is 67.3 Å². The van der Waals surface area contributed by atoms with Crippen LogP contribution in [0.5, 0.6) is 0 Å². The molecule has 110 valence electrons. The fraction of sp³-hybridized carbons (Fsp3) is 0.533. The van der Waals surface area contributed by atoms with Gasteiger partial charge in [0.15, 0.2) is 0 Å². The van der Waals surface area contributed by atoms with Crippen LogP contribution in [0.1, 0.15) is 36.0 Å². The van der Waals surface area contributed by atoms with E-state index in [0.717, 1.165) is 36.8 Å². The highest BCUT2D eigenvalue weighted by atomic mass is 79.9. The van der Waals surface area contributed by atoms with Crippen molar-refractivity contribution >= 4 is 33.4 Å². The van der Waals surface area contributed by atoms with E-state index in [9.17, 15) is 4.79 Å². The molecule has 3 nitrogen and oxygen atoms in total. The lowest BCUT2D eigenvalue weighted by molar-refractivity contribution is 0.0602. The number of hydrogen-bond acceptors (Lipinski definition) is 2. The Hall–Kier alpha value is -0.580. The predicted octanol–water partition coefficient (Wildman–Crippen LogP) is 3.71. The molecule has 1 saturated heterocycles. The van der Waals surface area contributed by atoms with E-state index in [2.05, 4.69) is 21.2 Å². The third kappa shape index (κ3) is 3.54. The zero-order valence-corrected chi connectivity index (χ0v) is 14.0. The molecule has 1 aliphatic heterocycles. The SMILES string of the molecule is CNCCC1CCCCN1C(=O)c1cccc(Br)c1Cl. The molecule has 1 fully saturated rings. The standard InChI is InChI=1S/C15H20BrClN2O/c1-18-9-8-11-5-2-3-10-19(11)15(20)12-6-4-7-13(16)14(12)17/h4,6-7,11,18H,2-3,5,8-10H2,1H3. The maximum atomic E-state index is 12.7. The molecule has 0 bridgehead atoms. The molecule has 1 unspecified atom stereocenters.